The third kappa shape index (κ3) is 7.37. The Morgan fingerprint density at radius 2 is 1.82 bits per heavy atom. The minimum atomic E-state index is -0.676. The van der Waals surface area contributed by atoms with Gasteiger partial charge < -0.3 is 16.0 Å². The van der Waals surface area contributed by atoms with Crippen molar-refractivity contribution < 1.29 is 19.6 Å². The first kappa shape index (κ1) is 25.9. The molecule has 2 aliphatic rings. The molecule has 182 valence electrons. The normalized spacial score (nSPS) is 20.1. The second-order valence-corrected chi connectivity index (χ2v) is 11.8. The second-order valence-electron chi connectivity index (χ2n) is 8.58. The summed E-state index contributed by atoms with van der Waals surface area (Å²) in [5.41, 5.74) is 8.93. The molecule has 2 saturated heterocycles. The Hall–Kier alpha value is -1.75. The zero-order valence-corrected chi connectivity index (χ0v) is 20.5. The number of nitrogens with zero attached hydrogens (tertiary/aromatic N) is 1. The average molecular weight is 495 g/mol. The van der Waals surface area contributed by atoms with Gasteiger partial charge in [-0.1, -0.05) is 43.2 Å². The van der Waals surface area contributed by atoms with Gasteiger partial charge in [-0.25, -0.2) is 5.48 Å². The molecular formula is C23H34N4O4S2. The van der Waals surface area contributed by atoms with Crippen molar-refractivity contribution in [3.8, 4) is 0 Å². The number of amides is 3. The summed E-state index contributed by atoms with van der Waals surface area (Å²) in [4.78, 5) is 39.1. The molecular weight excluding hydrogens is 460 g/mol. The van der Waals surface area contributed by atoms with Crippen LogP contribution in [0.1, 0.15) is 44.1 Å². The van der Waals surface area contributed by atoms with E-state index >= 15 is 0 Å². The number of nitrogens with two attached hydrogens (primary N) is 1. The van der Waals surface area contributed by atoms with Gasteiger partial charge in [-0.05, 0) is 24.8 Å². The number of carbonyl (C=O) groups is 3. The van der Waals surface area contributed by atoms with Gasteiger partial charge in [0, 0.05) is 37.4 Å². The second kappa shape index (κ2) is 12.6. The number of rotatable bonds is 11. The maximum Gasteiger partial charge on any atom is 0.243 e. The fourth-order valence-corrected chi connectivity index (χ4v) is 7.58. The summed E-state index contributed by atoms with van der Waals surface area (Å²) in [6.07, 6.45) is 4.62. The van der Waals surface area contributed by atoms with Crippen LogP contribution in [-0.4, -0.2) is 68.6 Å². The number of hydrogen-bond donors (Lipinski definition) is 4. The van der Waals surface area contributed by atoms with Crippen LogP contribution >= 0.6 is 23.5 Å². The maximum absolute atomic E-state index is 13.3. The van der Waals surface area contributed by atoms with E-state index < -0.39 is 12.1 Å². The van der Waals surface area contributed by atoms with Crippen molar-refractivity contribution in [2.75, 3.05) is 24.6 Å². The third-order valence-corrected chi connectivity index (χ3v) is 9.49. The predicted molar refractivity (Wildman–Crippen MR) is 132 cm³/mol. The highest BCUT2D eigenvalue weighted by atomic mass is 32.2. The minimum Gasteiger partial charge on any atom is -0.354 e. The van der Waals surface area contributed by atoms with Crippen molar-refractivity contribution in [2.45, 2.75) is 61.1 Å². The quantitative estimate of drug-likeness (QED) is 0.210. The Morgan fingerprint density at radius 3 is 2.52 bits per heavy atom. The van der Waals surface area contributed by atoms with Gasteiger partial charge in [0.25, 0.3) is 0 Å². The molecule has 10 heteroatoms. The predicted octanol–water partition coefficient (Wildman–Crippen LogP) is 1.91. The van der Waals surface area contributed by atoms with Crippen molar-refractivity contribution in [3.05, 3.63) is 35.9 Å². The Balaban J connectivity index is 1.52. The SMILES string of the molecule is N[C@@H](Cc1ccccc1)C(=O)N1CC2(C[C@H]1C(=O)NCCCCCCC(=O)NO)SCCS2. The summed E-state index contributed by atoms with van der Waals surface area (Å²) in [5, 5.41) is 11.5. The number of thioether (sulfide) groups is 2. The first-order valence-electron chi connectivity index (χ1n) is 11.5. The lowest BCUT2D eigenvalue weighted by Crippen LogP contribution is -2.52. The topological polar surface area (TPSA) is 125 Å². The fourth-order valence-electron chi connectivity index (χ4n) is 4.33. The number of benzene rings is 1. The van der Waals surface area contributed by atoms with Crippen LogP contribution in [0.2, 0.25) is 0 Å². The number of likely N-dealkylation sites (tertiary alicyclic amines) is 1. The van der Waals surface area contributed by atoms with Crippen LogP contribution in [0.4, 0.5) is 0 Å². The van der Waals surface area contributed by atoms with Crippen molar-refractivity contribution in [1.82, 2.24) is 15.7 Å². The molecule has 2 atom stereocenters. The van der Waals surface area contributed by atoms with Crippen molar-refractivity contribution in [2.24, 2.45) is 5.73 Å². The van der Waals surface area contributed by atoms with Crippen LogP contribution < -0.4 is 16.5 Å². The van der Waals surface area contributed by atoms with Crippen LogP contribution in [0.15, 0.2) is 30.3 Å². The molecule has 33 heavy (non-hydrogen) atoms. The lowest BCUT2D eigenvalue weighted by molar-refractivity contribution is -0.139. The minimum absolute atomic E-state index is 0.111. The molecule has 0 radical (unpaired) electrons. The van der Waals surface area contributed by atoms with Gasteiger partial charge in [0.15, 0.2) is 0 Å². The van der Waals surface area contributed by atoms with Gasteiger partial charge in [-0.2, -0.15) is 0 Å². The monoisotopic (exact) mass is 494 g/mol. The zero-order valence-electron chi connectivity index (χ0n) is 18.8. The summed E-state index contributed by atoms with van der Waals surface area (Å²) >= 11 is 3.70. The molecule has 8 nitrogen and oxygen atoms in total. The lowest BCUT2D eigenvalue weighted by Gasteiger charge is -2.27. The number of unbranched alkanes of at least 4 members (excludes halogenated alkanes) is 3. The molecule has 2 fully saturated rings. The zero-order chi connectivity index (χ0) is 23.7. The van der Waals surface area contributed by atoms with Gasteiger partial charge in [-0.15, -0.1) is 23.5 Å². The first-order chi connectivity index (χ1) is 15.9. The summed E-state index contributed by atoms with van der Waals surface area (Å²) in [6.45, 7) is 1.08. The Labute approximate surface area is 203 Å². The number of hydroxylamine groups is 1. The van der Waals surface area contributed by atoms with Crippen molar-refractivity contribution >= 4 is 41.2 Å². The highest BCUT2D eigenvalue weighted by Crippen LogP contribution is 2.51. The van der Waals surface area contributed by atoms with E-state index in [1.807, 2.05) is 53.9 Å². The molecule has 0 saturated carbocycles. The summed E-state index contributed by atoms with van der Waals surface area (Å²) in [7, 11) is 0. The van der Waals surface area contributed by atoms with E-state index in [-0.39, 0.29) is 21.8 Å². The van der Waals surface area contributed by atoms with Gasteiger partial charge in [-0.3, -0.25) is 19.6 Å². The van der Waals surface area contributed by atoms with E-state index in [0.717, 1.165) is 36.3 Å². The Kier molecular flexibility index (Phi) is 9.91. The summed E-state index contributed by atoms with van der Waals surface area (Å²) < 4.78 is -0.114. The standard InChI is InChI=1S/C23H34N4O4S2/c24-18(14-17-8-4-3-5-9-17)22(30)27-16-23(32-12-13-33-23)15-19(27)21(29)25-11-7-2-1-6-10-20(28)26-31/h3-5,8-9,18-19,31H,1-2,6-7,10-16,24H2,(H,25,29)(H,26,28)/t18-,19-/m0/s1. The van der Waals surface area contributed by atoms with Crippen LogP contribution in [0.3, 0.4) is 0 Å². The number of carbonyl (C=O) groups excluding carboxylic acids is 3. The maximum atomic E-state index is 13.3. The molecule has 2 aliphatic heterocycles. The molecule has 1 aromatic rings. The van der Waals surface area contributed by atoms with Gasteiger partial charge in [0.1, 0.15) is 6.04 Å². The fraction of sp³-hybridized carbons (Fsp3) is 0.609. The molecule has 0 bridgehead atoms. The highest BCUT2D eigenvalue weighted by Gasteiger charge is 2.51. The Morgan fingerprint density at radius 1 is 1.12 bits per heavy atom. The van der Waals surface area contributed by atoms with Crippen molar-refractivity contribution in [3.63, 3.8) is 0 Å². The first-order valence-corrected chi connectivity index (χ1v) is 13.5. The van der Waals surface area contributed by atoms with Gasteiger partial charge in [0.2, 0.25) is 17.7 Å². The lowest BCUT2D eigenvalue weighted by atomic mass is 10.1. The van der Waals surface area contributed by atoms with Gasteiger partial charge >= 0.3 is 0 Å². The van der Waals surface area contributed by atoms with Crippen LogP contribution in [0, 0.1) is 0 Å². The van der Waals surface area contributed by atoms with E-state index in [2.05, 4.69) is 5.32 Å². The van der Waals surface area contributed by atoms with E-state index in [1.165, 1.54) is 0 Å². The largest absolute Gasteiger partial charge is 0.354 e. The van der Waals surface area contributed by atoms with E-state index in [1.54, 1.807) is 10.4 Å². The number of hydrogen-bond acceptors (Lipinski definition) is 7. The number of nitrogens with one attached hydrogen (secondary N) is 2. The smallest absolute Gasteiger partial charge is 0.243 e. The molecule has 3 rings (SSSR count). The highest BCUT2D eigenvalue weighted by molar-refractivity contribution is 8.21. The molecule has 0 aromatic heterocycles. The van der Waals surface area contributed by atoms with E-state index in [4.69, 9.17) is 10.9 Å². The van der Waals surface area contributed by atoms with Crippen LogP contribution in [0.5, 0.6) is 0 Å². The molecule has 5 N–H and O–H groups in total. The Bertz CT molecular complexity index is 805. The van der Waals surface area contributed by atoms with Gasteiger partial charge in [0.05, 0.1) is 10.1 Å². The molecule has 1 aromatic carbocycles. The molecule has 0 aliphatic carbocycles. The third-order valence-electron chi connectivity index (χ3n) is 6.06. The molecule has 0 unspecified atom stereocenters. The summed E-state index contributed by atoms with van der Waals surface area (Å²) in [6, 6.07) is 8.54. The van der Waals surface area contributed by atoms with E-state index in [9.17, 15) is 14.4 Å². The molecule has 3 amide bonds. The van der Waals surface area contributed by atoms with E-state index in [0.29, 0.717) is 38.8 Å². The van der Waals surface area contributed by atoms with Crippen molar-refractivity contribution in [1.29, 1.82) is 0 Å². The van der Waals surface area contributed by atoms with Crippen LogP contribution in [-0.2, 0) is 20.8 Å². The molecule has 2 heterocycles. The molecule has 1 spiro atoms. The summed E-state index contributed by atoms with van der Waals surface area (Å²) in [5.74, 6) is 1.42. The van der Waals surface area contributed by atoms with Crippen LogP contribution in [0.25, 0.3) is 0 Å². The average Bonchev–Trinajstić information content (AvgIpc) is 3.45.